The van der Waals surface area contributed by atoms with E-state index in [1.165, 1.54) is 25.6 Å². The Morgan fingerprint density at radius 3 is 2.75 bits per heavy atom. The molecule has 1 unspecified atom stereocenters. The van der Waals surface area contributed by atoms with Gasteiger partial charge in [-0.3, -0.25) is 0 Å². The lowest BCUT2D eigenvalue weighted by molar-refractivity contribution is 0.216. The van der Waals surface area contributed by atoms with Gasteiger partial charge < -0.3 is 15.8 Å². The molecule has 0 saturated heterocycles. The molecule has 0 aliphatic heterocycles. The van der Waals surface area contributed by atoms with E-state index in [0.717, 1.165) is 6.42 Å². The first kappa shape index (κ1) is 14.9. The van der Waals surface area contributed by atoms with Crippen LogP contribution in [0.15, 0.2) is 6.33 Å². The summed E-state index contributed by atoms with van der Waals surface area (Å²) < 4.78 is 5.61. The van der Waals surface area contributed by atoms with Crippen molar-refractivity contribution in [3.63, 3.8) is 0 Å². The lowest BCUT2D eigenvalue weighted by atomic mass is 9.73. The first-order chi connectivity index (χ1) is 9.40. The molecule has 1 saturated carbocycles. The van der Waals surface area contributed by atoms with Crippen LogP contribution in [-0.2, 0) is 0 Å². The second kappa shape index (κ2) is 5.85. The Balaban J connectivity index is 2.16. The van der Waals surface area contributed by atoms with E-state index >= 15 is 0 Å². The normalized spacial score (nSPS) is 21.8. The smallest absolute Gasteiger partial charge is 0.242 e. The molecule has 1 aromatic heterocycles. The quantitative estimate of drug-likeness (QED) is 0.884. The molecule has 0 spiro atoms. The SMILES string of the molecule is CC(C)Oc1ncnc(NC2CCCCC2(C)C)c1N. The number of rotatable bonds is 4. The van der Waals surface area contributed by atoms with Crippen LogP contribution in [0.4, 0.5) is 11.5 Å². The van der Waals surface area contributed by atoms with Gasteiger partial charge in [0.25, 0.3) is 0 Å². The van der Waals surface area contributed by atoms with Crippen molar-refractivity contribution >= 4 is 11.5 Å². The molecule has 1 atom stereocenters. The van der Waals surface area contributed by atoms with E-state index in [4.69, 9.17) is 10.5 Å². The molecular formula is C15H26N4O. The zero-order valence-electron chi connectivity index (χ0n) is 12.9. The topological polar surface area (TPSA) is 73.1 Å². The number of hydrogen-bond acceptors (Lipinski definition) is 5. The van der Waals surface area contributed by atoms with Gasteiger partial charge in [0, 0.05) is 6.04 Å². The number of nitrogens with zero attached hydrogens (tertiary/aromatic N) is 2. The molecule has 5 heteroatoms. The Hall–Kier alpha value is -1.52. The van der Waals surface area contributed by atoms with E-state index < -0.39 is 0 Å². The van der Waals surface area contributed by atoms with Crippen LogP contribution in [0.2, 0.25) is 0 Å². The summed E-state index contributed by atoms with van der Waals surface area (Å²) in [6.07, 6.45) is 6.48. The molecular weight excluding hydrogens is 252 g/mol. The average Bonchev–Trinajstić information content (AvgIpc) is 2.36. The number of anilines is 2. The molecule has 1 aliphatic rings. The van der Waals surface area contributed by atoms with Gasteiger partial charge in [-0.05, 0) is 32.1 Å². The summed E-state index contributed by atoms with van der Waals surface area (Å²) >= 11 is 0. The Labute approximate surface area is 121 Å². The van der Waals surface area contributed by atoms with Crippen molar-refractivity contribution in [2.24, 2.45) is 5.41 Å². The van der Waals surface area contributed by atoms with E-state index in [2.05, 4.69) is 29.1 Å². The summed E-state index contributed by atoms with van der Waals surface area (Å²) in [4.78, 5) is 8.39. The highest BCUT2D eigenvalue weighted by Gasteiger charge is 2.32. The second-order valence-electron chi connectivity index (χ2n) is 6.54. The van der Waals surface area contributed by atoms with Crippen molar-refractivity contribution in [2.75, 3.05) is 11.1 Å². The summed E-state index contributed by atoms with van der Waals surface area (Å²) in [7, 11) is 0. The van der Waals surface area contributed by atoms with E-state index in [0.29, 0.717) is 23.4 Å². The molecule has 3 N–H and O–H groups in total. The number of nitrogens with two attached hydrogens (primary N) is 1. The fraction of sp³-hybridized carbons (Fsp3) is 0.733. The summed E-state index contributed by atoms with van der Waals surface area (Å²) in [5.74, 6) is 1.15. The molecule has 112 valence electrons. The highest BCUT2D eigenvalue weighted by Crippen LogP contribution is 2.38. The zero-order valence-corrected chi connectivity index (χ0v) is 12.9. The largest absolute Gasteiger partial charge is 0.473 e. The van der Waals surface area contributed by atoms with Gasteiger partial charge in [0.2, 0.25) is 5.88 Å². The second-order valence-corrected chi connectivity index (χ2v) is 6.54. The third-order valence-corrected chi connectivity index (χ3v) is 4.01. The number of ether oxygens (including phenoxy) is 1. The lowest BCUT2D eigenvalue weighted by Crippen LogP contribution is -2.39. The molecule has 1 heterocycles. The van der Waals surface area contributed by atoms with Crippen LogP contribution >= 0.6 is 0 Å². The maximum atomic E-state index is 6.12. The van der Waals surface area contributed by atoms with Gasteiger partial charge >= 0.3 is 0 Å². The maximum Gasteiger partial charge on any atom is 0.242 e. The summed E-state index contributed by atoms with van der Waals surface area (Å²) in [5, 5.41) is 3.50. The molecule has 1 aliphatic carbocycles. The predicted molar refractivity (Wildman–Crippen MR) is 81.9 cm³/mol. The zero-order chi connectivity index (χ0) is 14.8. The van der Waals surface area contributed by atoms with E-state index in [-0.39, 0.29) is 11.5 Å². The minimum atomic E-state index is 0.0474. The molecule has 0 aromatic carbocycles. The molecule has 2 rings (SSSR count). The van der Waals surface area contributed by atoms with Crippen molar-refractivity contribution in [2.45, 2.75) is 65.5 Å². The van der Waals surface area contributed by atoms with Gasteiger partial charge in [-0.15, -0.1) is 0 Å². The van der Waals surface area contributed by atoms with Crippen LogP contribution in [-0.4, -0.2) is 22.1 Å². The van der Waals surface area contributed by atoms with Crippen molar-refractivity contribution in [1.29, 1.82) is 0 Å². The summed E-state index contributed by atoms with van der Waals surface area (Å²) in [6.45, 7) is 8.51. The maximum absolute atomic E-state index is 6.12. The lowest BCUT2D eigenvalue weighted by Gasteiger charge is -2.39. The van der Waals surface area contributed by atoms with E-state index in [9.17, 15) is 0 Å². The molecule has 0 bridgehead atoms. The number of hydrogen-bond donors (Lipinski definition) is 2. The van der Waals surface area contributed by atoms with Crippen LogP contribution in [0.3, 0.4) is 0 Å². The first-order valence-corrected chi connectivity index (χ1v) is 7.44. The standard InChI is InChI=1S/C15H26N4O/c1-10(2)20-14-12(16)13(17-9-18-14)19-11-7-5-6-8-15(11,3)4/h9-11H,5-8,16H2,1-4H3,(H,17,18,19). The molecule has 1 aromatic rings. The van der Waals surface area contributed by atoms with Gasteiger partial charge in [0.15, 0.2) is 5.82 Å². The highest BCUT2D eigenvalue weighted by atomic mass is 16.5. The monoisotopic (exact) mass is 278 g/mol. The van der Waals surface area contributed by atoms with Crippen molar-refractivity contribution < 1.29 is 4.74 Å². The van der Waals surface area contributed by atoms with Gasteiger partial charge in [-0.25, -0.2) is 4.98 Å². The predicted octanol–water partition coefficient (Wildman–Crippen LogP) is 3.23. The first-order valence-electron chi connectivity index (χ1n) is 7.44. The molecule has 0 radical (unpaired) electrons. The van der Waals surface area contributed by atoms with E-state index in [1.807, 2.05) is 13.8 Å². The van der Waals surface area contributed by atoms with Crippen molar-refractivity contribution in [1.82, 2.24) is 9.97 Å². The average molecular weight is 278 g/mol. The molecule has 0 amide bonds. The van der Waals surface area contributed by atoms with Crippen LogP contribution < -0.4 is 15.8 Å². The fourth-order valence-corrected chi connectivity index (χ4v) is 2.74. The molecule has 5 nitrogen and oxygen atoms in total. The van der Waals surface area contributed by atoms with E-state index in [1.54, 1.807) is 0 Å². The Morgan fingerprint density at radius 1 is 1.35 bits per heavy atom. The van der Waals surface area contributed by atoms with Crippen molar-refractivity contribution in [3.8, 4) is 5.88 Å². The Kier molecular flexibility index (Phi) is 4.35. The number of nitrogens with one attached hydrogen (secondary N) is 1. The van der Waals surface area contributed by atoms with Crippen molar-refractivity contribution in [3.05, 3.63) is 6.33 Å². The molecule has 1 fully saturated rings. The minimum Gasteiger partial charge on any atom is -0.473 e. The fourth-order valence-electron chi connectivity index (χ4n) is 2.74. The number of aromatic nitrogens is 2. The van der Waals surface area contributed by atoms with Crippen LogP contribution in [0.25, 0.3) is 0 Å². The third kappa shape index (κ3) is 3.32. The van der Waals surface area contributed by atoms with Gasteiger partial charge in [-0.2, -0.15) is 4.98 Å². The van der Waals surface area contributed by atoms with Gasteiger partial charge in [0.05, 0.1) is 6.10 Å². The molecule has 20 heavy (non-hydrogen) atoms. The van der Waals surface area contributed by atoms with Crippen LogP contribution in [0, 0.1) is 5.41 Å². The highest BCUT2D eigenvalue weighted by molar-refractivity contribution is 5.66. The Bertz CT molecular complexity index is 459. The van der Waals surface area contributed by atoms with Crippen LogP contribution in [0.1, 0.15) is 53.4 Å². The minimum absolute atomic E-state index is 0.0474. The number of nitrogen functional groups attached to an aromatic ring is 1. The van der Waals surface area contributed by atoms with Gasteiger partial charge in [0.1, 0.15) is 12.0 Å². The summed E-state index contributed by atoms with van der Waals surface area (Å²) in [5.41, 5.74) is 6.89. The third-order valence-electron chi connectivity index (χ3n) is 4.01. The van der Waals surface area contributed by atoms with Gasteiger partial charge in [-0.1, -0.05) is 26.7 Å². The van der Waals surface area contributed by atoms with Crippen LogP contribution in [0.5, 0.6) is 5.88 Å². The summed E-state index contributed by atoms with van der Waals surface area (Å²) in [6, 6.07) is 0.389. The Morgan fingerprint density at radius 2 is 2.10 bits per heavy atom.